The van der Waals surface area contributed by atoms with Crippen molar-refractivity contribution in [3.63, 3.8) is 0 Å². The first-order valence-electron chi connectivity index (χ1n) is 8.50. The van der Waals surface area contributed by atoms with Crippen LogP contribution in [0.3, 0.4) is 0 Å². The normalized spacial score (nSPS) is 12.4. The summed E-state index contributed by atoms with van der Waals surface area (Å²) in [6.07, 6.45) is 0. The molecular weight excluding hydrogens is 460 g/mol. The molecule has 0 bridgehead atoms. The van der Waals surface area contributed by atoms with Gasteiger partial charge in [-0.15, -0.1) is 0 Å². The summed E-state index contributed by atoms with van der Waals surface area (Å²) in [6, 6.07) is 17.6. The number of carbonyl (C=O) groups excluding carboxylic acids is 1. The van der Waals surface area contributed by atoms with Gasteiger partial charge in [-0.1, -0.05) is 22.0 Å². The van der Waals surface area contributed by atoms with Crippen molar-refractivity contribution in [3.8, 4) is 11.5 Å². The molecule has 0 aromatic heterocycles. The highest BCUT2D eigenvalue weighted by atomic mass is 79.9. The highest BCUT2D eigenvalue weighted by molar-refractivity contribution is 9.10. The Hall–Kier alpha value is -3.04. The molecule has 29 heavy (non-hydrogen) atoms. The van der Waals surface area contributed by atoms with E-state index in [1.165, 1.54) is 12.1 Å². The first-order valence-corrected chi connectivity index (χ1v) is 10.8. The van der Waals surface area contributed by atoms with Gasteiger partial charge < -0.3 is 14.8 Å². The van der Waals surface area contributed by atoms with Gasteiger partial charge in [0.25, 0.3) is 15.9 Å². The number of sulfonamides is 1. The highest BCUT2D eigenvalue weighted by Crippen LogP contribution is 2.32. The molecular formula is C20H15BrN2O5S. The SMILES string of the molecule is O=C(Nc1cccc(S(=O)(=O)Nc2ccc(Br)cc2)c1)c1ccc2c(c1)OCO2. The van der Waals surface area contributed by atoms with E-state index in [2.05, 4.69) is 26.0 Å². The van der Waals surface area contributed by atoms with Crippen molar-refractivity contribution in [2.75, 3.05) is 16.8 Å². The first-order chi connectivity index (χ1) is 13.9. The van der Waals surface area contributed by atoms with Gasteiger partial charge in [0.1, 0.15) is 0 Å². The molecule has 0 fully saturated rings. The van der Waals surface area contributed by atoms with E-state index in [0.717, 1.165) is 4.47 Å². The van der Waals surface area contributed by atoms with Gasteiger partial charge in [0, 0.05) is 21.4 Å². The van der Waals surface area contributed by atoms with Gasteiger partial charge in [-0.2, -0.15) is 0 Å². The van der Waals surface area contributed by atoms with Crippen LogP contribution < -0.4 is 19.5 Å². The van der Waals surface area contributed by atoms with Gasteiger partial charge in [-0.3, -0.25) is 9.52 Å². The second-order valence-corrected chi connectivity index (χ2v) is 8.76. The van der Waals surface area contributed by atoms with Crippen molar-refractivity contribution in [2.24, 2.45) is 0 Å². The van der Waals surface area contributed by atoms with Gasteiger partial charge in [-0.05, 0) is 60.7 Å². The van der Waals surface area contributed by atoms with E-state index in [1.807, 2.05) is 0 Å². The average Bonchev–Trinajstić information content (AvgIpc) is 3.17. The van der Waals surface area contributed by atoms with Crippen molar-refractivity contribution in [1.29, 1.82) is 0 Å². The molecule has 4 rings (SSSR count). The average molecular weight is 475 g/mol. The Morgan fingerprint density at radius 3 is 2.45 bits per heavy atom. The molecule has 0 radical (unpaired) electrons. The number of fused-ring (bicyclic) bond motifs is 1. The zero-order chi connectivity index (χ0) is 20.4. The van der Waals surface area contributed by atoms with Crippen LogP contribution in [0.2, 0.25) is 0 Å². The third kappa shape index (κ3) is 4.36. The van der Waals surface area contributed by atoms with Crippen LogP contribution in [-0.4, -0.2) is 21.1 Å². The summed E-state index contributed by atoms with van der Waals surface area (Å²) in [4.78, 5) is 12.6. The number of anilines is 2. The molecule has 0 aliphatic carbocycles. The molecule has 2 N–H and O–H groups in total. The molecule has 0 unspecified atom stereocenters. The summed E-state index contributed by atoms with van der Waals surface area (Å²) in [5.41, 5.74) is 1.16. The third-order valence-corrected chi connectivity index (χ3v) is 6.04. The van der Waals surface area contributed by atoms with Crippen LogP contribution in [-0.2, 0) is 10.0 Å². The molecule has 1 aliphatic heterocycles. The summed E-state index contributed by atoms with van der Waals surface area (Å²) < 4.78 is 39.2. The zero-order valence-corrected chi connectivity index (χ0v) is 17.3. The first kappa shape index (κ1) is 19.3. The number of ether oxygens (including phenoxy) is 2. The maximum absolute atomic E-state index is 12.7. The number of hydrogen-bond donors (Lipinski definition) is 2. The Kier molecular flexibility index (Phi) is 5.16. The number of carbonyl (C=O) groups is 1. The van der Waals surface area contributed by atoms with E-state index in [4.69, 9.17) is 9.47 Å². The minimum atomic E-state index is -3.81. The number of hydrogen-bond acceptors (Lipinski definition) is 5. The zero-order valence-electron chi connectivity index (χ0n) is 14.9. The molecule has 3 aromatic rings. The second-order valence-electron chi connectivity index (χ2n) is 6.16. The van der Waals surface area contributed by atoms with E-state index < -0.39 is 15.9 Å². The van der Waals surface area contributed by atoms with Gasteiger partial charge in [0.05, 0.1) is 4.90 Å². The number of rotatable bonds is 5. The van der Waals surface area contributed by atoms with Crippen LogP contribution in [0.5, 0.6) is 11.5 Å². The quantitative estimate of drug-likeness (QED) is 0.576. The van der Waals surface area contributed by atoms with E-state index in [1.54, 1.807) is 54.6 Å². The maximum Gasteiger partial charge on any atom is 0.261 e. The van der Waals surface area contributed by atoms with Crippen LogP contribution in [0.15, 0.2) is 76.1 Å². The molecule has 1 heterocycles. The van der Waals surface area contributed by atoms with Crippen LogP contribution in [0, 0.1) is 0 Å². The van der Waals surface area contributed by atoms with E-state index in [-0.39, 0.29) is 11.7 Å². The van der Waals surface area contributed by atoms with Crippen LogP contribution >= 0.6 is 15.9 Å². The van der Waals surface area contributed by atoms with Gasteiger partial charge in [-0.25, -0.2) is 8.42 Å². The minimum absolute atomic E-state index is 0.0314. The van der Waals surface area contributed by atoms with E-state index in [0.29, 0.717) is 28.4 Å². The van der Waals surface area contributed by atoms with E-state index in [9.17, 15) is 13.2 Å². The van der Waals surface area contributed by atoms with E-state index >= 15 is 0 Å². The monoisotopic (exact) mass is 474 g/mol. The summed E-state index contributed by atoms with van der Waals surface area (Å²) in [7, 11) is -3.81. The highest BCUT2D eigenvalue weighted by Gasteiger charge is 2.18. The maximum atomic E-state index is 12.7. The lowest BCUT2D eigenvalue weighted by molar-refractivity contribution is 0.102. The lowest BCUT2D eigenvalue weighted by Crippen LogP contribution is -2.15. The van der Waals surface area contributed by atoms with Crippen molar-refractivity contribution >= 4 is 43.2 Å². The van der Waals surface area contributed by atoms with Crippen LogP contribution in [0.4, 0.5) is 11.4 Å². The smallest absolute Gasteiger partial charge is 0.261 e. The Balaban J connectivity index is 1.52. The minimum Gasteiger partial charge on any atom is -0.454 e. The third-order valence-electron chi connectivity index (χ3n) is 4.13. The summed E-state index contributed by atoms with van der Waals surface area (Å²) in [5.74, 6) is 0.681. The Bertz CT molecular complexity index is 1180. The topological polar surface area (TPSA) is 93.7 Å². The van der Waals surface area contributed by atoms with Crippen molar-refractivity contribution < 1.29 is 22.7 Å². The Morgan fingerprint density at radius 2 is 1.66 bits per heavy atom. The second kappa shape index (κ2) is 7.76. The van der Waals surface area contributed by atoms with Crippen molar-refractivity contribution in [3.05, 3.63) is 76.8 Å². The number of halogens is 1. The van der Waals surface area contributed by atoms with Gasteiger partial charge in [0.15, 0.2) is 11.5 Å². The predicted octanol–water partition coefficient (Wildman–Crippen LogP) is 4.23. The number of nitrogens with one attached hydrogen (secondary N) is 2. The number of amides is 1. The molecule has 148 valence electrons. The largest absolute Gasteiger partial charge is 0.454 e. The molecule has 0 atom stereocenters. The summed E-state index contributed by atoms with van der Waals surface area (Å²) >= 11 is 3.31. The van der Waals surface area contributed by atoms with Crippen molar-refractivity contribution in [2.45, 2.75) is 4.90 Å². The predicted molar refractivity (Wildman–Crippen MR) is 112 cm³/mol. The Morgan fingerprint density at radius 1 is 0.897 bits per heavy atom. The molecule has 0 saturated heterocycles. The van der Waals surface area contributed by atoms with Gasteiger partial charge >= 0.3 is 0 Å². The summed E-state index contributed by atoms with van der Waals surface area (Å²) in [5, 5.41) is 2.70. The Labute approximate surface area is 175 Å². The standard InChI is InChI=1S/C20H15BrN2O5S/c21-14-5-7-15(8-6-14)23-29(25,26)17-3-1-2-16(11-17)22-20(24)13-4-9-18-19(10-13)28-12-27-18/h1-11,23H,12H2,(H,22,24). The molecule has 0 saturated carbocycles. The molecule has 0 spiro atoms. The lowest BCUT2D eigenvalue weighted by atomic mass is 10.2. The molecule has 3 aromatic carbocycles. The molecule has 7 nitrogen and oxygen atoms in total. The summed E-state index contributed by atoms with van der Waals surface area (Å²) in [6.45, 7) is 0.117. The van der Waals surface area contributed by atoms with Crippen molar-refractivity contribution in [1.82, 2.24) is 0 Å². The fraction of sp³-hybridized carbons (Fsp3) is 0.0500. The van der Waals surface area contributed by atoms with Crippen LogP contribution in [0.25, 0.3) is 0 Å². The molecule has 1 aliphatic rings. The number of benzene rings is 3. The van der Waals surface area contributed by atoms with Gasteiger partial charge in [0.2, 0.25) is 6.79 Å². The fourth-order valence-electron chi connectivity index (χ4n) is 2.71. The lowest BCUT2D eigenvalue weighted by Gasteiger charge is -2.11. The van der Waals surface area contributed by atoms with Crippen LogP contribution in [0.1, 0.15) is 10.4 Å². The molecule has 1 amide bonds. The molecule has 9 heteroatoms. The fourth-order valence-corrected chi connectivity index (χ4v) is 4.08.